The van der Waals surface area contributed by atoms with E-state index in [9.17, 15) is 8.42 Å². The second kappa shape index (κ2) is 5.94. The number of nitriles is 1. The maximum Gasteiger partial charge on any atom is 0.243 e. The number of hydrogen-bond acceptors (Lipinski definition) is 4. The van der Waals surface area contributed by atoms with E-state index in [1.807, 2.05) is 19.9 Å². The molecule has 1 aromatic rings. The molecule has 0 saturated carbocycles. The molecular formula is C13H15ClN2O2S2. The highest BCUT2D eigenvalue weighted by molar-refractivity contribution is 8.00. The summed E-state index contributed by atoms with van der Waals surface area (Å²) in [6, 6.07) is 6.16. The summed E-state index contributed by atoms with van der Waals surface area (Å²) in [5.74, 6) is 0. The van der Waals surface area contributed by atoms with E-state index in [-0.39, 0.29) is 26.0 Å². The zero-order chi connectivity index (χ0) is 14.9. The summed E-state index contributed by atoms with van der Waals surface area (Å²) < 4.78 is 26.7. The number of nitrogens with zero attached hydrogens (tertiary/aromatic N) is 2. The molecule has 2 rings (SSSR count). The first-order valence-electron chi connectivity index (χ1n) is 6.20. The van der Waals surface area contributed by atoms with E-state index in [0.29, 0.717) is 13.1 Å². The Morgan fingerprint density at radius 1 is 1.35 bits per heavy atom. The number of rotatable bonds is 2. The van der Waals surface area contributed by atoms with Crippen molar-refractivity contribution in [2.45, 2.75) is 29.2 Å². The maximum absolute atomic E-state index is 12.6. The predicted octanol–water partition coefficient (Wildman–Crippen LogP) is 2.73. The van der Waals surface area contributed by atoms with Gasteiger partial charge in [0, 0.05) is 23.6 Å². The molecule has 1 aliphatic rings. The van der Waals surface area contributed by atoms with Crippen LogP contribution < -0.4 is 0 Å². The Bertz CT molecular complexity index is 645. The van der Waals surface area contributed by atoms with Crippen molar-refractivity contribution >= 4 is 33.4 Å². The van der Waals surface area contributed by atoms with Crippen LogP contribution in [0.5, 0.6) is 0 Å². The normalized spacial score (nSPS) is 24.3. The summed E-state index contributed by atoms with van der Waals surface area (Å²) in [5.41, 5.74) is 0.279. The number of benzene rings is 1. The third-order valence-corrected chi connectivity index (χ3v) is 6.45. The van der Waals surface area contributed by atoms with Crippen LogP contribution >= 0.6 is 23.4 Å². The van der Waals surface area contributed by atoms with Crippen LogP contribution in [0.15, 0.2) is 23.1 Å². The van der Waals surface area contributed by atoms with Crippen molar-refractivity contribution in [2.24, 2.45) is 0 Å². The van der Waals surface area contributed by atoms with Crippen molar-refractivity contribution in [3.63, 3.8) is 0 Å². The standard InChI is InChI=1S/C13H15ClN2O2S2/c1-9-7-16(8-10(2)19-9)20(17,18)12-4-3-11(6-15)13(14)5-12/h3-5,9-10H,7-8H2,1-2H3. The molecule has 1 aromatic carbocycles. The molecule has 0 radical (unpaired) electrons. The highest BCUT2D eigenvalue weighted by Gasteiger charge is 2.32. The summed E-state index contributed by atoms with van der Waals surface area (Å²) in [6.07, 6.45) is 0. The van der Waals surface area contributed by atoms with E-state index in [1.165, 1.54) is 22.5 Å². The van der Waals surface area contributed by atoms with Gasteiger partial charge in [-0.3, -0.25) is 0 Å². The van der Waals surface area contributed by atoms with Gasteiger partial charge >= 0.3 is 0 Å². The summed E-state index contributed by atoms with van der Waals surface area (Å²) in [5, 5.41) is 9.53. The molecular weight excluding hydrogens is 316 g/mol. The summed E-state index contributed by atoms with van der Waals surface area (Å²) in [7, 11) is -3.55. The minimum Gasteiger partial charge on any atom is -0.207 e. The van der Waals surface area contributed by atoms with Crippen LogP contribution in [-0.4, -0.2) is 36.3 Å². The SMILES string of the molecule is CC1CN(S(=O)(=O)c2ccc(C#N)c(Cl)c2)CC(C)S1. The Labute approximate surface area is 128 Å². The second-order valence-electron chi connectivity index (χ2n) is 4.83. The Hall–Kier alpha value is -0.740. The van der Waals surface area contributed by atoms with Gasteiger partial charge in [0.1, 0.15) is 6.07 Å². The number of halogens is 1. The van der Waals surface area contributed by atoms with Gasteiger partial charge in [0.15, 0.2) is 0 Å². The molecule has 4 nitrogen and oxygen atoms in total. The van der Waals surface area contributed by atoms with Gasteiger partial charge in [0.25, 0.3) is 0 Å². The number of hydrogen-bond donors (Lipinski definition) is 0. The molecule has 0 spiro atoms. The lowest BCUT2D eigenvalue weighted by molar-refractivity contribution is 0.405. The van der Waals surface area contributed by atoms with E-state index >= 15 is 0 Å². The van der Waals surface area contributed by atoms with Gasteiger partial charge in [-0.15, -0.1) is 0 Å². The van der Waals surface area contributed by atoms with Gasteiger partial charge in [-0.05, 0) is 18.2 Å². The maximum atomic E-state index is 12.6. The first-order valence-corrected chi connectivity index (χ1v) is 8.96. The van der Waals surface area contributed by atoms with Crippen LogP contribution in [0.1, 0.15) is 19.4 Å². The van der Waals surface area contributed by atoms with Crippen molar-refractivity contribution in [3.8, 4) is 6.07 Å². The van der Waals surface area contributed by atoms with E-state index in [1.54, 1.807) is 11.8 Å². The first kappa shape index (κ1) is 15.6. The third-order valence-electron chi connectivity index (χ3n) is 3.08. The van der Waals surface area contributed by atoms with Gasteiger partial charge in [-0.1, -0.05) is 25.4 Å². The molecule has 0 N–H and O–H groups in total. The first-order chi connectivity index (χ1) is 9.34. The molecule has 108 valence electrons. The Morgan fingerprint density at radius 2 is 1.95 bits per heavy atom. The van der Waals surface area contributed by atoms with E-state index in [0.717, 1.165) is 0 Å². The van der Waals surface area contributed by atoms with Gasteiger partial charge in [0.05, 0.1) is 15.5 Å². The fourth-order valence-corrected chi connectivity index (χ4v) is 5.67. The van der Waals surface area contributed by atoms with Crippen LogP contribution in [0.4, 0.5) is 0 Å². The van der Waals surface area contributed by atoms with E-state index in [4.69, 9.17) is 16.9 Å². The van der Waals surface area contributed by atoms with Crippen molar-refractivity contribution in [2.75, 3.05) is 13.1 Å². The highest BCUT2D eigenvalue weighted by Crippen LogP contribution is 2.30. The molecule has 0 amide bonds. The molecule has 2 atom stereocenters. The third kappa shape index (κ3) is 3.12. The monoisotopic (exact) mass is 330 g/mol. The summed E-state index contributed by atoms with van der Waals surface area (Å²) in [6.45, 7) is 5.03. The zero-order valence-corrected chi connectivity index (χ0v) is 13.6. The minimum atomic E-state index is -3.55. The number of thioether (sulfide) groups is 1. The van der Waals surface area contributed by atoms with Crippen LogP contribution in [0.25, 0.3) is 0 Å². The molecule has 0 aromatic heterocycles. The summed E-state index contributed by atoms with van der Waals surface area (Å²) >= 11 is 7.71. The van der Waals surface area contributed by atoms with Crippen molar-refractivity contribution in [3.05, 3.63) is 28.8 Å². The second-order valence-corrected chi connectivity index (χ2v) is 9.06. The molecule has 0 bridgehead atoms. The summed E-state index contributed by atoms with van der Waals surface area (Å²) in [4.78, 5) is 0.146. The fraction of sp³-hybridized carbons (Fsp3) is 0.462. The van der Waals surface area contributed by atoms with Gasteiger partial charge in [-0.2, -0.15) is 21.3 Å². The smallest absolute Gasteiger partial charge is 0.207 e. The van der Waals surface area contributed by atoms with Crippen molar-refractivity contribution in [1.82, 2.24) is 4.31 Å². The molecule has 1 fully saturated rings. The van der Waals surface area contributed by atoms with Gasteiger partial charge in [-0.25, -0.2) is 8.42 Å². The minimum absolute atomic E-state index is 0.146. The Morgan fingerprint density at radius 3 is 2.45 bits per heavy atom. The Balaban J connectivity index is 2.35. The molecule has 1 aliphatic heterocycles. The average molecular weight is 331 g/mol. The number of sulfonamides is 1. The van der Waals surface area contributed by atoms with Crippen LogP contribution in [0.3, 0.4) is 0 Å². The van der Waals surface area contributed by atoms with Crippen LogP contribution in [0.2, 0.25) is 5.02 Å². The fourth-order valence-electron chi connectivity index (χ4n) is 2.22. The van der Waals surface area contributed by atoms with Gasteiger partial charge in [0.2, 0.25) is 10.0 Å². The lowest BCUT2D eigenvalue weighted by Crippen LogP contribution is -2.43. The van der Waals surface area contributed by atoms with E-state index < -0.39 is 10.0 Å². The Kier molecular flexibility index (Phi) is 4.65. The van der Waals surface area contributed by atoms with Crippen molar-refractivity contribution < 1.29 is 8.42 Å². The lowest BCUT2D eigenvalue weighted by Gasteiger charge is -2.33. The predicted molar refractivity (Wildman–Crippen MR) is 81.4 cm³/mol. The molecule has 2 unspecified atom stereocenters. The highest BCUT2D eigenvalue weighted by atomic mass is 35.5. The quantitative estimate of drug-likeness (QED) is 0.836. The average Bonchev–Trinajstić information content (AvgIpc) is 2.37. The van der Waals surface area contributed by atoms with Crippen molar-refractivity contribution in [1.29, 1.82) is 5.26 Å². The molecule has 1 heterocycles. The van der Waals surface area contributed by atoms with Gasteiger partial charge < -0.3 is 0 Å². The molecule has 7 heteroatoms. The largest absolute Gasteiger partial charge is 0.243 e. The topological polar surface area (TPSA) is 61.2 Å². The van der Waals surface area contributed by atoms with Crippen LogP contribution in [0, 0.1) is 11.3 Å². The zero-order valence-electron chi connectivity index (χ0n) is 11.2. The molecule has 1 saturated heterocycles. The molecule has 20 heavy (non-hydrogen) atoms. The van der Waals surface area contributed by atoms with Crippen LogP contribution in [-0.2, 0) is 10.0 Å². The van der Waals surface area contributed by atoms with E-state index in [2.05, 4.69) is 0 Å². The lowest BCUT2D eigenvalue weighted by atomic mass is 10.2. The molecule has 0 aliphatic carbocycles.